The fourth-order valence-electron chi connectivity index (χ4n) is 1.93. The van der Waals surface area contributed by atoms with Crippen molar-refractivity contribution in [1.29, 1.82) is 0 Å². The number of halogens is 1. The molecule has 1 unspecified atom stereocenters. The van der Waals surface area contributed by atoms with Gasteiger partial charge >= 0.3 is 0 Å². The minimum absolute atomic E-state index is 0.414. The van der Waals surface area contributed by atoms with E-state index in [1.54, 1.807) is 0 Å². The number of aryl methyl sites for hydroxylation is 1. The van der Waals surface area contributed by atoms with Crippen molar-refractivity contribution >= 4 is 11.6 Å². The van der Waals surface area contributed by atoms with Gasteiger partial charge in [-0.2, -0.15) is 0 Å². The molecule has 17 heavy (non-hydrogen) atoms. The standard InChI is InChI=1S/C16H25Cl/c1-13-5-7-14(8-6-13)11-15(12-17)9-10-16(2,3)4/h5-8,15H,9-12H2,1-4H3. The Morgan fingerprint density at radius 1 is 1.12 bits per heavy atom. The van der Waals surface area contributed by atoms with Gasteiger partial charge in [-0.05, 0) is 43.1 Å². The molecule has 0 amide bonds. The maximum Gasteiger partial charge on any atom is 0.0254 e. The molecule has 0 heterocycles. The number of benzene rings is 1. The Labute approximate surface area is 111 Å². The van der Waals surface area contributed by atoms with Crippen LogP contribution >= 0.6 is 11.6 Å². The smallest absolute Gasteiger partial charge is 0.0254 e. The van der Waals surface area contributed by atoms with Crippen LogP contribution in [0.15, 0.2) is 24.3 Å². The van der Waals surface area contributed by atoms with E-state index in [0.29, 0.717) is 11.3 Å². The molecule has 0 aliphatic rings. The molecule has 0 fully saturated rings. The zero-order valence-corrected chi connectivity index (χ0v) is 12.3. The van der Waals surface area contributed by atoms with Gasteiger partial charge in [-0.1, -0.05) is 50.6 Å². The fraction of sp³-hybridized carbons (Fsp3) is 0.625. The van der Waals surface area contributed by atoms with E-state index in [9.17, 15) is 0 Å². The molecular formula is C16H25Cl. The van der Waals surface area contributed by atoms with Gasteiger partial charge in [0, 0.05) is 5.88 Å². The Morgan fingerprint density at radius 3 is 2.18 bits per heavy atom. The summed E-state index contributed by atoms with van der Waals surface area (Å²) in [6, 6.07) is 8.83. The second-order valence-electron chi connectivity index (χ2n) is 6.31. The molecule has 0 bridgehead atoms. The molecule has 0 nitrogen and oxygen atoms in total. The van der Waals surface area contributed by atoms with Crippen molar-refractivity contribution in [3.05, 3.63) is 35.4 Å². The first-order valence-corrected chi connectivity index (χ1v) is 7.06. The third-order valence-corrected chi connectivity index (χ3v) is 3.60. The molecule has 0 spiro atoms. The van der Waals surface area contributed by atoms with E-state index >= 15 is 0 Å². The summed E-state index contributed by atoms with van der Waals surface area (Å²) >= 11 is 6.08. The molecule has 1 aromatic carbocycles. The van der Waals surface area contributed by atoms with Crippen LogP contribution in [0, 0.1) is 18.3 Å². The second-order valence-corrected chi connectivity index (χ2v) is 6.62. The lowest BCUT2D eigenvalue weighted by atomic mass is 9.85. The number of alkyl halides is 1. The Balaban J connectivity index is 2.49. The topological polar surface area (TPSA) is 0 Å². The minimum atomic E-state index is 0.414. The maximum absolute atomic E-state index is 6.08. The first kappa shape index (κ1) is 14.6. The van der Waals surface area contributed by atoms with Crippen molar-refractivity contribution in [3.8, 4) is 0 Å². The first-order valence-electron chi connectivity index (χ1n) is 6.52. The molecule has 96 valence electrons. The number of hydrogen-bond donors (Lipinski definition) is 0. The SMILES string of the molecule is Cc1ccc(CC(CCl)CCC(C)(C)C)cc1. The first-order chi connectivity index (χ1) is 7.90. The van der Waals surface area contributed by atoms with E-state index in [1.165, 1.54) is 24.0 Å². The lowest BCUT2D eigenvalue weighted by molar-refractivity contribution is 0.331. The Kier molecular flexibility index (Phi) is 5.52. The van der Waals surface area contributed by atoms with Crippen molar-refractivity contribution in [2.45, 2.75) is 47.0 Å². The molecule has 1 aromatic rings. The molecule has 1 rings (SSSR count). The van der Waals surface area contributed by atoms with Crippen LogP contribution in [0.5, 0.6) is 0 Å². The highest BCUT2D eigenvalue weighted by atomic mass is 35.5. The molecule has 0 N–H and O–H groups in total. The van der Waals surface area contributed by atoms with E-state index in [0.717, 1.165) is 12.3 Å². The highest BCUT2D eigenvalue weighted by Gasteiger charge is 2.15. The molecule has 1 heteroatoms. The van der Waals surface area contributed by atoms with Crippen molar-refractivity contribution in [1.82, 2.24) is 0 Å². The van der Waals surface area contributed by atoms with Crippen molar-refractivity contribution in [2.24, 2.45) is 11.3 Å². The van der Waals surface area contributed by atoms with Crippen molar-refractivity contribution in [3.63, 3.8) is 0 Å². The van der Waals surface area contributed by atoms with Crippen LogP contribution in [0.2, 0.25) is 0 Å². The highest BCUT2D eigenvalue weighted by Crippen LogP contribution is 2.26. The van der Waals surface area contributed by atoms with E-state index in [4.69, 9.17) is 11.6 Å². The summed E-state index contributed by atoms with van der Waals surface area (Å²) < 4.78 is 0. The molecule has 0 saturated carbocycles. The van der Waals surface area contributed by atoms with Gasteiger partial charge in [0.2, 0.25) is 0 Å². The summed E-state index contributed by atoms with van der Waals surface area (Å²) in [5.41, 5.74) is 3.15. The van der Waals surface area contributed by atoms with Crippen LogP contribution in [0.1, 0.15) is 44.7 Å². The Morgan fingerprint density at radius 2 is 1.71 bits per heavy atom. The summed E-state index contributed by atoms with van der Waals surface area (Å²) in [6.07, 6.45) is 3.58. The monoisotopic (exact) mass is 252 g/mol. The predicted molar refractivity (Wildman–Crippen MR) is 77.8 cm³/mol. The minimum Gasteiger partial charge on any atom is -0.126 e. The molecule has 0 aliphatic heterocycles. The third-order valence-electron chi connectivity index (χ3n) is 3.17. The van der Waals surface area contributed by atoms with Crippen LogP contribution < -0.4 is 0 Å². The van der Waals surface area contributed by atoms with Gasteiger partial charge in [-0.3, -0.25) is 0 Å². The van der Waals surface area contributed by atoms with Crippen LogP contribution in [-0.4, -0.2) is 5.88 Å². The number of hydrogen-bond acceptors (Lipinski definition) is 0. The lowest BCUT2D eigenvalue weighted by Crippen LogP contribution is -2.12. The predicted octanol–water partition coefficient (Wildman–Crippen LogP) is 5.22. The van der Waals surface area contributed by atoms with Gasteiger partial charge in [-0.15, -0.1) is 11.6 Å². The third kappa shape index (κ3) is 6.12. The molecule has 0 radical (unpaired) electrons. The van der Waals surface area contributed by atoms with Gasteiger partial charge in [0.25, 0.3) is 0 Å². The zero-order chi connectivity index (χ0) is 12.9. The summed E-state index contributed by atoms with van der Waals surface area (Å²) in [5, 5.41) is 0. The molecule has 0 aliphatic carbocycles. The highest BCUT2D eigenvalue weighted by molar-refractivity contribution is 6.18. The molecule has 0 aromatic heterocycles. The van der Waals surface area contributed by atoms with Crippen LogP contribution in [0.3, 0.4) is 0 Å². The van der Waals surface area contributed by atoms with E-state index < -0.39 is 0 Å². The van der Waals surface area contributed by atoms with Gasteiger partial charge in [-0.25, -0.2) is 0 Å². The molecule has 0 saturated heterocycles. The fourth-order valence-corrected chi connectivity index (χ4v) is 2.19. The van der Waals surface area contributed by atoms with Crippen molar-refractivity contribution in [2.75, 3.05) is 5.88 Å². The largest absolute Gasteiger partial charge is 0.126 e. The normalized spacial score (nSPS) is 13.7. The van der Waals surface area contributed by atoms with Gasteiger partial charge in [0.05, 0.1) is 0 Å². The van der Waals surface area contributed by atoms with Crippen LogP contribution in [-0.2, 0) is 6.42 Å². The van der Waals surface area contributed by atoms with E-state index in [-0.39, 0.29) is 0 Å². The molecular weight excluding hydrogens is 228 g/mol. The van der Waals surface area contributed by atoms with Gasteiger partial charge in [0.15, 0.2) is 0 Å². The van der Waals surface area contributed by atoms with Gasteiger partial charge < -0.3 is 0 Å². The second kappa shape index (κ2) is 6.44. The lowest BCUT2D eigenvalue weighted by Gasteiger charge is -2.22. The van der Waals surface area contributed by atoms with E-state index in [2.05, 4.69) is 52.0 Å². The average molecular weight is 253 g/mol. The summed E-state index contributed by atoms with van der Waals surface area (Å²) in [5.74, 6) is 1.38. The van der Waals surface area contributed by atoms with Gasteiger partial charge in [0.1, 0.15) is 0 Å². The number of rotatable bonds is 5. The van der Waals surface area contributed by atoms with Crippen LogP contribution in [0.25, 0.3) is 0 Å². The zero-order valence-electron chi connectivity index (χ0n) is 11.6. The maximum atomic E-state index is 6.08. The summed E-state index contributed by atoms with van der Waals surface area (Å²) in [6.45, 7) is 9.01. The summed E-state index contributed by atoms with van der Waals surface area (Å²) in [4.78, 5) is 0. The van der Waals surface area contributed by atoms with Crippen LogP contribution in [0.4, 0.5) is 0 Å². The quantitative estimate of drug-likeness (QED) is 0.631. The Hall–Kier alpha value is -0.490. The van der Waals surface area contributed by atoms with E-state index in [1.807, 2.05) is 0 Å². The average Bonchev–Trinajstić information content (AvgIpc) is 2.25. The summed E-state index contributed by atoms with van der Waals surface area (Å²) in [7, 11) is 0. The Bertz CT molecular complexity index is 318. The molecule has 1 atom stereocenters. The van der Waals surface area contributed by atoms with Crippen molar-refractivity contribution < 1.29 is 0 Å².